The van der Waals surface area contributed by atoms with Crippen LogP contribution < -0.4 is 53.8 Å². The van der Waals surface area contributed by atoms with Crippen LogP contribution in [0.25, 0.3) is 0 Å². The minimum Gasteiger partial charge on any atom is -0.508 e. The summed E-state index contributed by atoms with van der Waals surface area (Å²) in [5.74, 6) is 4.92. The molecule has 132 heavy (non-hydrogen) atoms. The second kappa shape index (κ2) is 49.3. The van der Waals surface area contributed by atoms with Crippen LogP contribution in [0, 0.1) is 30.8 Å². The molecule has 12 aromatic rings. The van der Waals surface area contributed by atoms with Crippen molar-refractivity contribution >= 4 is 103 Å². The number of nitrogens with zero attached hydrogens (tertiary/aromatic N) is 10. The van der Waals surface area contributed by atoms with Crippen molar-refractivity contribution < 1.29 is 67.6 Å². The summed E-state index contributed by atoms with van der Waals surface area (Å²) in [6.07, 6.45) is 17.8. The molecule has 2 saturated carbocycles. The molecule has 7 fully saturated rings. The highest BCUT2D eigenvalue weighted by Gasteiger charge is 2.37. The number of hydrogen-bond donors (Lipinski definition) is 6. The van der Waals surface area contributed by atoms with Gasteiger partial charge in [-0.05, 0) is 287 Å². The molecular weight excluding hydrogens is 1940 g/mol. The lowest BCUT2D eigenvalue weighted by Crippen LogP contribution is -2.48. The summed E-state index contributed by atoms with van der Waals surface area (Å²) in [6, 6.07) is 75.1. The lowest BCUT2D eigenvalue weighted by atomic mass is 10.00. The fraction of sp³-hybridized carbons (Fsp3) is 0.314. The minimum atomic E-state index is -0.884. The fourth-order valence-corrected chi connectivity index (χ4v) is 17.1. The van der Waals surface area contributed by atoms with Crippen molar-refractivity contribution in [3.63, 3.8) is 0 Å². The molecule has 10 heterocycles. The van der Waals surface area contributed by atoms with E-state index >= 15 is 0 Å². The number of aliphatic hydroxyl groups excluding tert-OH is 2. The first-order chi connectivity index (χ1) is 64.3. The standard InChI is InChI=1S/2C32H37ClN4O4.C16H16N2O3.C11H8INO.C6H5IO.C5H4FN/c2*33-27-18-22(9-12-29(27)40-25-10-11-25)31(38)28(21-36-15-3-4-16-36)35-32(39)23-13-17-37(20-23)24-6-5-7-26(19-24)41-30-8-1-2-14-34-30;19-16(20)12-7-9-18(11-12)13-4-3-5-14(10-13)21-15-6-1-2-8-17-15;12-9-4-3-5-10(8-9)14-11-6-1-2-7-13-11;7-5-2-1-3-6(8)4-5;6-5-3-1-2-4-7-5/h2*1-2,5-9,12,14,18-19,23,25,28,31,38H,3-4,10-11,13,15-17,20-21H2,(H,35,39);1-6,8,10,12H,7,9,11H2,(H,19,20);1-8H;1-4,8H;1-4H/t23-,28+,31+;23-,28-,31-;;;;/m01..../s1. The van der Waals surface area contributed by atoms with Crippen LogP contribution in [0.4, 0.5) is 21.5 Å². The highest BCUT2D eigenvalue weighted by Crippen LogP contribution is 2.39. The van der Waals surface area contributed by atoms with Crippen LogP contribution in [0.1, 0.15) is 94.0 Å². The molecule has 7 aromatic carbocycles. The van der Waals surface area contributed by atoms with Crippen LogP contribution >= 0.6 is 68.4 Å². The Balaban J connectivity index is 0.000000142. The quantitative estimate of drug-likeness (QED) is 0.0196. The average molecular weight is 2050 g/mol. The number of aliphatic carboxylic acids is 1. The van der Waals surface area contributed by atoms with Gasteiger partial charge in [0.25, 0.3) is 0 Å². The summed E-state index contributed by atoms with van der Waals surface area (Å²) in [5, 5.41) is 48.2. The molecule has 0 radical (unpaired) electrons. The first-order valence-electron chi connectivity index (χ1n) is 44.5. The lowest BCUT2D eigenvalue weighted by Gasteiger charge is -2.30. The maximum absolute atomic E-state index is 13.6. The predicted octanol–water partition coefficient (Wildman–Crippen LogP) is 19.9. The number of rotatable bonds is 28. The molecule has 7 aliphatic rings. The van der Waals surface area contributed by atoms with Crippen molar-refractivity contribution in [2.45, 2.75) is 107 Å². The fourth-order valence-electron chi connectivity index (χ4n) is 15.6. The van der Waals surface area contributed by atoms with Crippen molar-refractivity contribution in [1.82, 2.24) is 45.4 Å². The molecule has 0 spiro atoms. The molecule has 6 N–H and O–H groups in total. The second-order valence-electron chi connectivity index (χ2n) is 32.9. The Morgan fingerprint density at radius 1 is 0.402 bits per heavy atom. The van der Waals surface area contributed by atoms with Gasteiger partial charge in [-0.3, -0.25) is 14.4 Å². The number of aromatic hydroxyl groups is 1. The highest BCUT2D eigenvalue weighted by atomic mass is 127. The minimum absolute atomic E-state index is 0.0311. The maximum atomic E-state index is 13.6. The Bertz CT molecular complexity index is 5420. The average Bonchev–Trinajstić information content (AvgIpc) is 1.45. The largest absolute Gasteiger partial charge is 0.508 e. The van der Waals surface area contributed by atoms with Gasteiger partial charge >= 0.3 is 5.97 Å². The Kier molecular flexibility index (Phi) is 36.1. The number of amides is 2. The third kappa shape index (κ3) is 30.5. The number of aliphatic hydroxyl groups is 2. The lowest BCUT2D eigenvalue weighted by molar-refractivity contribution is -0.141. The summed E-state index contributed by atoms with van der Waals surface area (Å²) in [6.45, 7) is 9.11. The van der Waals surface area contributed by atoms with E-state index in [1.54, 1.807) is 67.3 Å². The van der Waals surface area contributed by atoms with E-state index in [1.165, 1.54) is 12.3 Å². The number of carbonyl (C=O) groups excluding carboxylic acids is 2. The van der Waals surface area contributed by atoms with Crippen molar-refractivity contribution in [1.29, 1.82) is 0 Å². The summed E-state index contributed by atoms with van der Waals surface area (Å²) >= 11 is 17.4. The molecule has 30 heteroatoms. The topological polar surface area (TPSA) is 292 Å². The SMILES string of the molecule is Fc1ccccn1.Ic1cccc(Oc2ccccn2)c1.O=C(N[C@H](CN1CCCC1)[C@H](O)c1ccc(OC2CC2)c(Cl)c1)[C@@H]1CCN(c2cccc(Oc3ccccn3)c2)C1.O=C(N[C@H](CN1CCCC1)[C@H](O)c1ccc(OC2CC2)c(Cl)c1)[C@H]1CCN(c2cccc(Oc3ccccn3)c2)C1.O=C(O)C1CCN(c2cccc(Oc3ccccn3)c2)C1.Oc1cccc(I)c1. The number of carboxylic acid groups (broad SMARTS) is 1. The van der Waals surface area contributed by atoms with E-state index in [-0.39, 0.29) is 41.8 Å². The molecule has 7 atom stereocenters. The van der Waals surface area contributed by atoms with Gasteiger partial charge in [0.1, 0.15) is 52.5 Å². The number of carbonyl (C=O) groups is 3. The molecule has 5 saturated heterocycles. The molecule has 1 unspecified atom stereocenters. The van der Waals surface area contributed by atoms with E-state index in [0.717, 1.165) is 140 Å². The zero-order valence-electron chi connectivity index (χ0n) is 72.8. The number of aromatic nitrogens is 5. The number of nitrogens with one attached hydrogen (secondary N) is 2. The van der Waals surface area contributed by atoms with Crippen molar-refractivity contribution in [3.05, 3.63) is 314 Å². The normalized spacial score (nSPS) is 17.6. The zero-order chi connectivity index (χ0) is 91.9. The summed E-state index contributed by atoms with van der Waals surface area (Å²) in [7, 11) is 0. The first kappa shape index (κ1) is 96.6. The van der Waals surface area contributed by atoms with Crippen LogP contribution in [0.2, 0.25) is 10.0 Å². The Labute approximate surface area is 805 Å². The van der Waals surface area contributed by atoms with Crippen LogP contribution in [0.5, 0.6) is 63.8 Å². The van der Waals surface area contributed by atoms with Gasteiger partial charge in [-0.1, -0.05) is 96.0 Å². The number of halogens is 5. The van der Waals surface area contributed by atoms with Gasteiger partial charge < -0.3 is 84.0 Å². The monoisotopic (exact) mass is 2050 g/mol. The van der Waals surface area contributed by atoms with Crippen LogP contribution in [-0.2, 0) is 14.4 Å². The van der Waals surface area contributed by atoms with Gasteiger partial charge in [-0.15, -0.1) is 0 Å². The first-order valence-corrected chi connectivity index (χ1v) is 47.4. The number of anilines is 3. The number of pyridine rings is 5. The maximum Gasteiger partial charge on any atom is 0.308 e. The van der Waals surface area contributed by atoms with Gasteiger partial charge in [0.15, 0.2) is 0 Å². The van der Waals surface area contributed by atoms with Gasteiger partial charge in [0.05, 0.1) is 52.1 Å². The zero-order valence-corrected chi connectivity index (χ0v) is 78.7. The van der Waals surface area contributed by atoms with Crippen molar-refractivity contribution in [3.8, 4) is 63.8 Å². The molecular formula is C102H107Cl2FI2N12O13. The van der Waals surface area contributed by atoms with E-state index in [2.05, 4.69) is 105 Å². The summed E-state index contributed by atoms with van der Waals surface area (Å²) in [4.78, 5) is 69.2. The highest BCUT2D eigenvalue weighted by molar-refractivity contribution is 14.1. The predicted molar refractivity (Wildman–Crippen MR) is 525 cm³/mol. The van der Waals surface area contributed by atoms with E-state index in [4.69, 9.17) is 61.8 Å². The molecule has 2 amide bonds. The van der Waals surface area contributed by atoms with E-state index in [9.17, 15) is 29.0 Å². The molecule has 0 bridgehead atoms. The van der Waals surface area contributed by atoms with Gasteiger partial charge in [0.2, 0.25) is 41.3 Å². The van der Waals surface area contributed by atoms with Gasteiger partial charge in [-0.25, -0.2) is 24.9 Å². The number of phenolic OH excluding ortho intramolecular Hbond substituents is 1. The van der Waals surface area contributed by atoms with E-state index < -0.39 is 36.2 Å². The van der Waals surface area contributed by atoms with Crippen LogP contribution in [-0.4, -0.2) is 176 Å². The van der Waals surface area contributed by atoms with Crippen molar-refractivity contribution in [2.75, 3.05) is 93.2 Å². The van der Waals surface area contributed by atoms with E-state index in [1.807, 2.05) is 200 Å². The van der Waals surface area contributed by atoms with E-state index in [0.29, 0.717) is 118 Å². The Hall–Kier alpha value is -11.5. The second-order valence-corrected chi connectivity index (χ2v) is 36.3. The molecule has 5 aliphatic heterocycles. The Morgan fingerprint density at radius 3 is 1.05 bits per heavy atom. The van der Waals surface area contributed by atoms with Crippen LogP contribution in [0.15, 0.2) is 280 Å². The Morgan fingerprint density at radius 2 is 0.750 bits per heavy atom. The third-order valence-electron chi connectivity index (χ3n) is 22.8. The molecule has 5 aromatic heterocycles. The number of carboxylic acids is 1. The molecule has 2 aliphatic carbocycles. The number of likely N-dealkylation sites (tertiary alicyclic amines) is 2. The third-order valence-corrected chi connectivity index (χ3v) is 24.8. The van der Waals surface area contributed by atoms with Crippen LogP contribution in [0.3, 0.4) is 0 Å². The number of ether oxygens (including phenoxy) is 6. The molecule has 688 valence electrons. The molecule has 19 rings (SSSR count). The number of benzene rings is 7. The van der Waals surface area contributed by atoms with Crippen molar-refractivity contribution in [2.24, 2.45) is 17.8 Å². The van der Waals surface area contributed by atoms with Gasteiger partial charge in [-0.2, -0.15) is 4.39 Å². The number of hydrogen-bond acceptors (Lipinski definition) is 22. The number of phenols is 1. The summed E-state index contributed by atoms with van der Waals surface area (Å²) < 4.78 is 48.8. The smallest absolute Gasteiger partial charge is 0.308 e. The van der Waals surface area contributed by atoms with Gasteiger partial charge in [0, 0.05) is 150 Å². The molecule has 25 nitrogen and oxygen atoms in total. The summed E-state index contributed by atoms with van der Waals surface area (Å²) in [5.41, 5.74) is 4.35.